The summed E-state index contributed by atoms with van der Waals surface area (Å²) in [6.45, 7) is 2.10. The van der Waals surface area contributed by atoms with Crippen molar-refractivity contribution in [2.45, 2.75) is 45.1 Å². The molecule has 0 saturated carbocycles. The van der Waals surface area contributed by atoms with Crippen LogP contribution in [0.15, 0.2) is 36.4 Å². The quantitative estimate of drug-likeness (QED) is 0.841. The van der Waals surface area contributed by atoms with E-state index in [1.54, 1.807) is 0 Å². The van der Waals surface area contributed by atoms with Gasteiger partial charge in [0.1, 0.15) is 0 Å². The highest BCUT2D eigenvalue weighted by Crippen LogP contribution is 2.12. The van der Waals surface area contributed by atoms with Crippen LogP contribution in [0.25, 0.3) is 0 Å². The Morgan fingerprint density at radius 3 is 2.65 bits per heavy atom. The predicted octanol–water partition coefficient (Wildman–Crippen LogP) is 2.91. The highest BCUT2D eigenvalue weighted by Gasteiger charge is 2.10. The number of aliphatic hydroxyl groups is 1. The SMILES string of the molecule is CCc1cc(CC(O)CCCc2ccccc2)n(C)n1. The van der Waals surface area contributed by atoms with Crippen LogP contribution < -0.4 is 0 Å². The monoisotopic (exact) mass is 272 g/mol. The molecule has 0 aliphatic carbocycles. The molecule has 1 unspecified atom stereocenters. The Hall–Kier alpha value is -1.61. The number of nitrogens with zero attached hydrogens (tertiary/aromatic N) is 2. The molecule has 2 rings (SSSR count). The van der Waals surface area contributed by atoms with E-state index in [4.69, 9.17) is 0 Å². The Bertz CT molecular complexity index is 519. The third-order valence-corrected chi connectivity index (χ3v) is 3.68. The van der Waals surface area contributed by atoms with Crippen LogP contribution in [-0.2, 0) is 26.3 Å². The summed E-state index contributed by atoms with van der Waals surface area (Å²) in [4.78, 5) is 0. The molecule has 1 aromatic carbocycles. The Morgan fingerprint density at radius 2 is 2.00 bits per heavy atom. The van der Waals surface area contributed by atoms with Crippen molar-refractivity contribution in [3.63, 3.8) is 0 Å². The van der Waals surface area contributed by atoms with Gasteiger partial charge in [-0.15, -0.1) is 0 Å². The molecule has 1 atom stereocenters. The van der Waals surface area contributed by atoms with Gasteiger partial charge in [0.15, 0.2) is 0 Å². The van der Waals surface area contributed by atoms with E-state index in [1.165, 1.54) is 5.56 Å². The number of aromatic nitrogens is 2. The van der Waals surface area contributed by atoms with Gasteiger partial charge in [0, 0.05) is 19.2 Å². The second-order valence-electron chi connectivity index (χ2n) is 5.34. The number of benzene rings is 1. The molecule has 2 aromatic rings. The fourth-order valence-corrected chi connectivity index (χ4v) is 2.47. The summed E-state index contributed by atoms with van der Waals surface area (Å²) in [6.07, 6.45) is 4.24. The molecule has 0 fully saturated rings. The first-order chi connectivity index (χ1) is 9.69. The lowest BCUT2D eigenvalue weighted by Gasteiger charge is -2.10. The van der Waals surface area contributed by atoms with Gasteiger partial charge < -0.3 is 5.11 Å². The molecule has 3 heteroatoms. The average molecular weight is 272 g/mol. The molecule has 0 radical (unpaired) electrons. The molecule has 0 aliphatic rings. The maximum atomic E-state index is 10.1. The summed E-state index contributed by atoms with van der Waals surface area (Å²) in [5.41, 5.74) is 3.56. The van der Waals surface area contributed by atoms with Gasteiger partial charge in [-0.2, -0.15) is 5.10 Å². The molecule has 1 heterocycles. The molecule has 1 aromatic heterocycles. The van der Waals surface area contributed by atoms with E-state index in [2.05, 4.69) is 42.4 Å². The predicted molar refractivity (Wildman–Crippen MR) is 81.7 cm³/mol. The van der Waals surface area contributed by atoms with Gasteiger partial charge in [-0.3, -0.25) is 4.68 Å². The maximum absolute atomic E-state index is 10.1. The molecule has 108 valence electrons. The molecule has 1 N–H and O–H groups in total. The zero-order chi connectivity index (χ0) is 14.4. The van der Waals surface area contributed by atoms with Crippen LogP contribution in [0.3, 0.4) is 0 Å². The Balaban J connectivity index is 1.77. The minimum Gasteiger partial charge on any atom is -0.393 e. The van der Waals surface area contributed by atoms with Crippen molar-refractivity contribution in [2.24, 2.45) is 7.05 Å². The molecule has 0 bridgehead atoms. The van der Waals surface area contributed by atoms with Crippen molar-refractivity contribution in [3.05, 3.63) is 53.3 Å². The van der Waals surface area contributed by atoms with Crippen LogP contribution >= 0.6 is 0 Å². The highest BCUT2D eigenvalue weighted by molar-refractivity contribution is 5.14. The fraction of sp³-hybridized carbons (Fsp3) is 0.471. The van der Waals surface area contributed by atoms with Crippen LogP contribution in [0.1, 0.15) is 36.7 Å². The van der Waals surface area contributed by atoms with E-state index in [0.717, 1.165) is 37.1 Å². The lowest BCUT2D eigenvalue weighted by atomic mass is 10.0. The van der Waals surface area contributed by atoms with E-state index in [1.807, 2.05) is 17.8 Å². The number of hydrogen-bond acceptors (Lipinski definition) is 2. The van der Waals surface area contributed by atoms with Crippen molar-refractivity contribution in [1.82, 2.24) is 9.78 Å². The third kappa shape index (κ3) is 4.20. The van der Waals surface area contributed by atoms with E-state index in [0.29, 0.717) is 6.42 Å². The molecule has 0 amide bonds. The molecule has 20 heavy (non-hydrogen) atoms. The van der Waals surface area contributed by atoms with Gasteiger partial charge in [-0.05, 0) is 37.3 Å². The van der Waals surface area contributed by atoms with Crippen molar-refractivity contribution in [3.8, 4) is 0 Å². The van der Waals surface area contributed by atoms with E-state index in [9.17, 15) is 5.11 Å². The van der Waals surface area contributed by atoms with Gasteiger partial charge in [0.2, 0.25) is 0 Å². The number of aryl methyl sites for hydroxylation is 3. The Kier molecular flexibility index (Phi) is 5.36. The highest BCUT2D eigenvalue weighted by atomic mass is 16.3. The van der Waals surface area contributed by atoms with Crippen molar-refractivity contribution < 1.29 is 5.11 Å². The van der Waals surface area contributed by atoms with Gasteiger partial charge >= 0.3 is 0 Å². The minimum atomic E-state index is -0.279. The van der Waals surface area contributed by atoms with Crippen LogP contribution in [0, 0.1) is 0 Å². The molecule has 0 aliphatic heterocycles. The van der Waals surface area contributed by atoms with Gasteiger partial charge in [-0.25, -0.2) is 0 Å². The molecular formula is C17H24N2O. The first-order valence-corrected chi connectivity index (χ1v) is 7.42. The number of aliphatic hydroxyl groups excluding tert-OH is 1. The van der Waals surface area contributed by atoms with E-state index >= 15 is 0 Å². The fourth-order valence-electron chi connectivity index (χ4n) is 2.47. The first kappa shape index (κ1) is 14.8. The van der Waals surface area contributed by atoms with Crippen molar-refractivity contribution >= 4 is 0 Å². The summed E-state index contributed by atoms with van der Waals surface area (Å²) in [5, 5.41) is 14.6. The zero-order valence-electron chi connectivity index (χ0n) is 12.4. The average Bonchev–Trinajstić information content (AvgIpc) is 2.80. The van der Waals surface area contributed by atoms with Crippen LogP contribution in [0.5, 0.6) is 0 Å². The zero-order valence-corrected chi connectivity index (χ0v) is 12.4. The smallest absolute Gasteiger partial charge is 0.0624 e. The molecular weight excluding hydrogens is 248 g/mol. The molecule has 3 nitrogen and oxygen atoms in total. The molecule has 0 spiro atoms. The van der Waals surface area contributed by atoms with Gasteiger partial charge in [0.05, 0.1) is 11.8 Å². The maximum Gasteiger partial charge on any atom is 0.0624 e. The third-order valence-electron chi connectivity index (χ3n) is 3.68. The van der Waals surface area contributed by atoms with Crippen LogP contribution in [0.4, 0.5) is 0 Å². The normalized spacial score (nSPS) is 12.6. The van der Waals surface area contributed by atoms with E-state index < -0.39 is 0 Å². The van der Waals surface area contributed by atoms with E-state index in [-0.39, 0.29) is 6.10 Å². The minimum absolute atomic E-state index is 0.279. The summed E-state index contributed by atoms with van der Waals surface area (Å²) < 4.78 is 1.89. The van der Waals surface area contributed by atoms with Crippen LogP contribution in [-0.4, -0.2) is 21.0 Å². The summed E-state index contributed by atoms with van der Waals surface area (Å²) in [7, 11) is 1.95. The second-order valence-corrected chi connectivity index (χ2v) is 5.34. The summed E-state index contributed by atoms with van der Waals surface area (Å²) >= 11 is 0. The largest absolute Gasteiger partial charge is 0.393 e. The van der Waals surface area contributed by atoms with Gasteiger partial charge in [-0.1, -0.05) is 37.3 Å². The van der Waals surface area contributed by atoms with Crippen molar-refractivity contribution in [2.75, 3.05) is 0 Å². The molecule has 0 saturated heterocycles. The number of rotatable bonds is 7. The van der Waals surface area contributed by atoms with Gasteiger partial charge in [0.25, 0.3) is 0 Å². The topological polar surface area (TPSA) is 38.0 Å². The number of hydrogen-bond donors (Lipinski definition) is 1. The Labute approximate surface area is 121 Å². The lowest BCUT2D eigenvalue weighted by molar-refractivity contribution is 0.160. The van der Waals surface area contributed by atoms with Crippen molar-refractivity contribution in [1.29, 1.82) is 0 Å². The first-order valence-electron chi connectivity index (χ1n) is 7.42. The lowest BCUT2D eigenvalue weighted by Crippen LogP contribution is -2.13. The van der Waals surface area contributed by atoms with Crippen LogP contribution in [0.2, 0.25) is 0 Å². The standard InChI is InChI=1S/C17H24N2O/c1-3-15-12-16(19(2)18-15)13-17(20)11-7-10-14-8-5-4-6-9-14/h4-6,8-9,12,17,20H,3,7,10-11,13H2,1-2H3. The summed E-state index contributed by atoms with van der Waals surface area (Å²) in [6, 6.07) is 12.5. The summed E-state index contributed by atoms with van der Waals surface area (Å²) in [5.74, 6) is 0. The second kappa shape index (κ2) is 7.25. The Morgan fingerprint density at radius 1 is 1.25 bits per heavy atom.